The Morgan fingerprint density at radius 2 is 1.29 bits per heavy atom. The SMILES string of the molecule is BrC1=C(Br)[C@@H]2C[C@H]1c1cc3ccccc3cc12. The summed E-state index contributed by atoms with van der Waals surface area (Å²) in [5.74, 6) is 1.16. The quantitative estimate of drug-likeness (QED) is 0.595. The minimum Gasteiger partial charge on any atom is -0.0616 e. The van der Waals surface area contributed by atoms with Gasteiger partial charge in [-0.2, -0.15) is 0 Å². The summed E-state index contributed by atoms with van der Waals surface area (Å²) in [6.07, 6.45) is 1.23. The lowest BCUT2D eigenvalue weighted by Crippen LogP contribution is -1.98. The fourth-order valence-corrected chi connectivity index (χ4v) is 4.60. The highest BCUT2D eigenvalue weighted by atomic mass is 79.9. The summed E-state index contributed by atoms with van der Waals surface area (Å²) >= 11 is 7.45. The van der Waals surface area contributed by atoms with Gasteiger partial charge in [0.05, 0.1) is 0 Å². The molecule has 2 aromatic rings. The maximum atomic E-state index is 3.73. The Balaban J connectivity index is 2.03. The first-order valence-corrected chi connectivity index (χ1v) is 7.42. The molecule has 0 saturated carbocycles. The van der Waals surface area contributed by atoms with Gasteiger partial charge in [-0.1, -0.05) is 68.3 Å². The Labute approximate surface area is 117 Å². The van der Waals surface area contributed by atoms with Crippen LogP contribution >= 0.6 is 31.9 Å². The fraction of sp³-hybridized carbons (Fsp3) is 0.200. The van der Waals surface area contributed by atoms with E-state index >= 15 is 0 Å². The van der Waals surface area contributed by atoms with Crippen molar-refractivity contribution in [2.24, 2.45) is 0 Å². The van der Waals surface area contributed by atoms with Crippen molar-refractivity contribution in [1.82, 2.24) is 0 Å². The van der Waals surface area contributed by atoms with Gasteiger partial charge in [0.1, 0.15) is 0 Å². The molecule has 0 radical (unpaired) electrons. The molecule has 4 rings (SSSR count). The van der Waals surface area contributed by atoms with E-state index in [0.717, 1.165) is 0 Å². The summed E-state index contributed by atoms with van der Waals surface area (Å²) in [4.78, 5) is 0. The second kappa shape index (κ2) is 3.46. The van der Waals surface area contributed by atoms with Gasteiger partial charge in [0.15, 0.2) is 0 Å². The van der Waals surface area contributed by atoms with Gasteiger partial charge >= 0.3 is 0 Å². The molecule has 0 unspecified atom stereocenters. The van der Waals surface area contributed by atoms with Crippen molar-refractivity contribution in [2.75, 3.05) is 0 Å². The zero-order valence-corrected chi connectivity index (χ0v) is 12.3. The maximum Gasteiger partial charge on any atom is 0.0176 e. The average molecular weight is 350 g/mol. The molecule has 0 spiro atoms. The summed E-state index contributed by atoms with van der Waals surface area (Å²) in [5.41, 5.74) is 3.03. The summed E-state index contributed by atoms with van der Waals surface area (Å²) in [6.45, 7) is 0. The summed E-state index contributed by atoms with van der Waals surface area (Å²) in [6, 6.07) is 13.4. The third kappa shape index (κ3) is 1.28. The van der Waals surface area contributed by atoms with E-state index in [1.165, 1.54) is 37.3 Å². The van der Waals surface area contributed by atoms with Gasteiger partial charge in [-0.05, 0) is 28.3 Å². The van der Waals surface area contributed by atoms with Crippen LogP contribution in [0.5, 0.6) is 0 Å². The predicted molar refractivity (Wildman–Crippen MR) is 78.9 cm³/mol. The van der Waals surface area contributed by atoms with Crippen molar-refractivity contribution in [3.63, 3.8) is 0 Å². The van der Waals surface area contributed by atoms with Crippen LogP contribution in [-0.4, -0.2) is 0 Å². The molecular weight excluding hydrogens is 340 g/mol. The fourth-order valence-electron chi connectivity index (χ4n) is 3.18. The van der Waals surface area contributed by atoms with Crippen LogP contribution in [0.3, 0.4) is 0 Å². The predicted octanol–water partition coefficient (Wildman–Crippen LogP) is 5.43. The van der Waals surface area contributed by atoms with E-state index in [0.29, 0.717) is 11.8 Å². The van der Waals surface area contributed by atoms with Gasteiger partial charge in [-0.15, -0.1) is 0 Å². The summed E-state index contributed by atoms with van der Waals surface area (Å²) < 4.78 is 2.70. The van der Waals surface area contributed by atoms with Crippen LogP contribution in [0.15, 0.2) is 45.4 Å². The number of hydrogen-bond donors (Lipinski definition) is 0. The molecule has 0 amide bonds. The number of hydrogen-bond acceptors (Lipinski definition) is 0. The van der Waals surface area contributed by atoms with Crippen LogP contribution < -0.4 is 0 Å². The molecule has 0 aromatic heterocycles. The number of halogens is 2. The Kier molecular flexibility index (Phi) is 2.10. The van der Waals surface area contributed by atoms with E-state index in [1.54, 1.807) is 0 Å². The summed E-state index contributed by atoms with van der Waals surface area (Å²) in [5, 5.41) is 2.71. The number of benzene rings is 2. The Morgan fingerprint density at radius 3 is 1.76 bits per heavy atom. The van der Waals surface area contributed by atoms with Crippen molar-refractivity contribution in [3.8, 4) is 0 Å². The van der Waals surface area contributed by atoms with E-state index < -0.39 is 0 Å². The van der Waals surface area contributed by atoms with Crippen LogP contribution in [-0.2, 0) is 0 Å². The third-order valence-electron chi connectivity index (χ3n) is 4.01. The normalized spacial score (nSPS) is 25.8. The van der Waals surface area contributed by atoms with Gasteiger partial charge in [-0.3, -0.25) is 0 Å². The largest absolute Gasteiger partial charge is 0.0616 e. The second-order valence-corrected chi connectivity index (χ2v) is 6.57. The topological polar surface area (TPSA) is 0 Å². The molecule has 0 nitrogen and oxygen atoms in total. The molecule has 0 N–H and O–H groups in total. The molecule has 2 aliphatic carbocycles. The van der Waals surface area contributed by atoms with Gasteiger partial charge in [0, 0.05) is 20.8 Å². The maximum absolute atomic E-state index is 3.73. The Hall–Kier alpha value is -0.600. The second-order valence-electron chi connectivity index (χ2n) is 4.87. The zero-order valence-electron chi connectivity index (χ0n) is 9.08. The van der Waals surface area contributed by atoms with Gasteiger partial charge in [0.25, 0.3) is 0 Å². The molecule has 0 saturated heterocycles. The van der Waals surface area contributed by atoms with Gasteiger partial charge < -0.3 is 0 Å². The van der Waals surface area contributed by atoms with Crippen LogP contribution in [0.4, 0.5) is 0 Å². The molecule has 17 heavy (non-hydrogen) atoms. The lowest BCUT2D eigenvalue weighted by Gasteiger charge is -2.17. The lowest BCUT2D eigenvalue weighted by molar-refractivity contribution is 0.799. The summed E-state index contributed by atoms with van der Waals surface area (Å²) in [7, 11) is 0. The molecule has 84 valence electrons. The van der Waals surface area contributed by atoms with E-state index in [4.69, 9.17) is 0 Å². The zero-order chi connectivity index (χ0) is 11.6. The highest BCUT2D eigenvalue weighted by Gasteiger charge is 2.41. The van der Waals surface area contributed by atoms with Gasteiger partial charge in [-0.25, -0.2) is 0 Å². The highest BCUT2D eigenvalue weighted by molar-refractivity contribution is 9.14. The van der Waals surface area contributed by atoms with E-state index in [2.05, 4.69) is 68.3 Å². The molecule has 0 fully saturated rings. The molecular formula is C15H10Br2. The number of fused-ring (bicyclic) bond motifs is 6. The Morgan fingerprint density at radius 1 is 0.824 bits per heavy atom. The average Bonchev–Trinajstić information content (AvgIpc) is 2.85. The first kappa shape index (κ1) is 10.3. The van der Waals surface area contributed by atoms with Gasteiger partial charge in [0.2, 0.25) is 0 Å². The molecule has 2 aromatic carbocycles. The molecule has 2 atom stereocenters. The van der Waals surface area contributed by atoms with Crippen molar-refractivity contribution in [2.45, 2.75) is 18.3 Å². The van der Waals surface area contributed by atoms with Crippen LogP contribution in [0.1, 0.15) is 29.4 Å². The van der Waals surface area contributed by atoms with E-state index in [-0.39, 0.29) is 0 Å². The molecule has 0 aliphatic heterocycles. The smallest absolute Gasteiger partial charge is 0.0176 e. The van der Waals surface area contributed by atoms with Crippen LogP contribution in [0.25, 0.3) is 10.8 Å². The van der Waals surface area contributed by atoms with Crippen LogP contribution in [0.2, 0.25) is 0 Å². The van der Waals surface area contributed by atoms with Crippen molar-refractivity contribution >= 4 is 42.6 Å². The highest BCUT2D eigenvalue weighted by Crippen LogP contribution is 2.60. The van der Waals surface area contributed by atoms with E-state index in [9.17, 15) is 0 Å². The minimum atomic E-state index is 0.578. The van der Waals surface area contributed by atoms with Crippen molar-refractivity contribution < 1.29 is 0 Å². The molecule has 2 heteroatoms. The minimum absolute atomic E-state index is 0.578. The first-order chi connectivity index (χ1) is 8.25. The third-order valence-corrected chi connectivity index (χ3v) is 6.51. The van der Waals surface area contributed by atoms with Crippen LogP contribution in [0, 0.1) is 0 Å². The number of allylic oxidation sites excluding steroid dienone is 2. The standard InChI is InChI=1S/C15H10Br2/c16-14-12-7-13(15(14)17)11-6-9-4-2-1-3-8(9)5-10(11)12/h1-6,12-13H,7H2/t12-,13+. The Bertz CT molecular complexity index is 613. The van der Waals surface area contributed by atoms with Crippen molar-refractivity contribution in [1.29, 1.82) is 0 Å². The molecule has 2 bridgehead atoms. The monoisotopic (exact) mass is 348 g/mol. The lowest BCUT2D eigenvalue weighted by atomic mass is 9.93. The number of rotatable bonds is 0. The molecule has 2 aliphatic rings. The van der Waals surface area contributed by atoms with Crippen molar-refractivity contribution in [3.05, 3.63) is 56.5 Å². The first-order valence-electron chi connectivity index (χ1n) is 5.83. The molecule has 0 heterocycles. The van der Waals surface area contributed by atoms with E-state index in [1.807, 2.05) is 0 Å².